The number of imidazole rings is 1. The molecule has 0 bridgehead atoms. The van der Waals surface area contributed by atoms with Crippen molar-refractivity contribution in [3.05, 3.63) is 84.3 Å². The standard InChI is InChI=1S/C21H18N4O3S/c26-29(27,24-13-15-5-2-1-3-6-15)17-8-9-19-16(11-17)12-20(28-19)25-14-23-18-7-4-10-22-21(18)25/h1-11,14,20,24H,12-13H2. The van der Waals surface area contributed by atoms with Gasteiger partial charge in [-0.1, -0.05) is 30.3 Å². The molecule has 1 aliphatic heterocycles. The van der Waals surface area contributed by atoms with Crippen LogP contribution in [0.2, 0.25) is 0 Å². The maximum atomic E-state index is 12.7. The van der Waals surface area contributed by atoms with E-state index in [1.54, 1.807) is 30.7 Å². The monoisotopic (exact) mass is 406 g/mol. The normalized spacial score (nSPS) is 15.9. The van der Waals surface area contributed by atoms with Crippen LogP contribution in [0, 0.1) is 0 Å². The average molecular weight is 406 g/mol. The summed E-state index contributed by atoms with van der Waals surface area (Å²) in [6.45, 7) is 0.242. The lowest BCUT2D eigenvalue weighted by atomic mass is 10.1. The van der Waals surface area contributed by atoms with E-state index in [-0.39, 0.29) is 17.7 Å². The number of ether oxygens (including phenoxy) is 1. The predicted molar refractivity (Wildman–Crippen MR) is 108 cm³/mol. The molecule has 0 saturated carbocycles. The molecule has 3 heterocycles. The molecule has 0 saturated heterocycles. The van der Waals surface area contributed by atoms with Gasteiger partial charge in [0.2, 0.25) is 10.0 Å². The van der Waals surface area contributed by atoms with Gasteiger partial charge in [-0.2, -0.15) is 0 Å². The Labute approximate surface area is 168 Å². The zero-order valence-electron chi connectivity index (χ0n) is 15.4. The van der Waals surface area contributed by atoms with Crippen molar-refractivity contribution in [3.8, 4) is 5.75 Å². The number of nitrogens with one attached hydrogen (secondary N) is 1. The van der Waals surface area contributed by atoms with E-state index >= 15 is 0 Å². The third-order valence-corrected chi connectivity index (χ3v) is 6.35. The molecule has 5 rings (SSSR count). The molecule has 8 heteroatoms. The molecule has 1 unspecified atom stereocenters. The summed E-state index contributed by atoms with van der Waals surface area (Å²) in [5, 5.41) is 0. The van der Waals surface area contributed by atoms with Gasteiger partial charge in [0.25, 0.3) is 0 Å². The number of fused-ring (bicyclic) bond motifs is 2. The van der Waals surface area contributed by atoms with Crippen LogP contribution in [0.25, 0.3) is 11.2 Å². The third-order valence-electron chi connectivity index (χ3n) is 4.95. The van der Waals surface area contributed by atoms with Crippen molar-refractivity contribution >= 4 is 21.2 Å². The highest BCUT2D eigenvalue weighted by atomic mass is 32.2. The Balaban J connectivity index is 1.37. The molecule has 0 spiro atoms. The van der Waals surface area contributed by atoms with Gasteiger partial charge in [-0.25, -0.2) is 23.1 Å². The second-order valence-electron chi connectivity index (χ2n) is 6.85. The third kappa shape index (κ3) is 3.37. The lowest BCUT2D eigenvalue weighted by Gasteiger charge is -2.12. The van der Waals surface area contributed by atoms with Crippen LogP contribution >= 0.6 is 0 Å². The number of sulfonamides is 1. The summed E-state index contributed by atoms with van der Waals surface area (Å²) in [5.41, 5.74) is 3.28. The number of hydrogen-bond acceptors (Lipinski definition) is 5. The van der Waals surface area contributed by atoms with Crippen molar-refractivity contribution in [2.45, 2.75) is 24.1 Å². The number of aromatic nitrogens is 3. The topological polar surface area (TPSA) is 86.1 Å². The molecule has 1 aliphatic rings. The van der Waals surface area contributed by atoms with Crippen LogP contribution in [-0.4, -0.2) is 23.0 Å². The van der Waals surface area contributed by atoms with Crippen molar-refractivity contribution in [2.75, 3.05) is 0 Å². The smallest absolute Gasteiger partial charge is 0.240 e. The minimum absolute atomic E-state index is 0.227. The van der Waals surface area contributed by atoms with E-state index in [2.05, 4.69) is 14.7 Å². The first-order valence-electron chi connectivity index (χ1n) is 9.21. The molecule has 1 atom stereocenters. The number of nitrogens with zero attached hydrogens (tertiary/aromatic N) is 3. The van der Waals surface area contributed by atoms with Gasteiger partial charge in [0.05, 0.1) is 4.90 Å². The van der Waals surface area contributed by atoms with E-state index < -0.39 is 10.0 Å². The largest absolute Gasteiger partial charge is 0.469 e. The summed E-state index contributed by atoms with van der Waals surface area (Å²) in [6.07, 6.45) is 3.65. The van der Waals surface area contributed by atoms with Crippen LogP contribution in [0.4, 0.5) is 0 Å². The first kappa shape index (κ1) is 17.8. The average Bonchev–Trinajstić information content (AvgIpc) is 3.36. The second kappa shape index (κ2) is 6.98. The molecule has 4 aromatic rings. The van der Waals surface area contributed by atoms with Gasteiger partial charge in [0.1, 0.15) is 17.6 Å². The van der Waals surface area contributed by atoms with Crippen molar-refractivity contribution < 1.29 is 13.2 Å². The van der Waals surface area contributed by atoms with Gasteiger partial charge < -0.3 is 4.74 Å². The van der Waals surface area contributed by atoms with Crippen LogP contribution in [0.3, 0.4) is 0 Å². The summed E-state index contributed by atoms with van der Waals surface area (Å²) in [4.78, 5) is 8.95. The number of hydrogen-bond donors (Lipinski definition) is 1. The Morgan fingerprint density at radius 1 is 1.07 bits per heavy atom. The molecule has 1 N–H and O–H groups in total. The summed E-state index contributed by atoms with van der Waals surface area (Å²) in [7, 11) is -3.62. The van der Waals surface area contributed by atoms with E-state index in [0.717, 1.165) is 22.3 Å². The number of pyridine rings is 1. The lowest BCUT2D eigenvalue weighted by Crippen LogP contribution is -2.23. The Kier molecular flexibility index (Phi) is 4.30. The Morgan fingerprint density at radius 3 is 2.79 bits per heavy atom. The maximum absolute atomic E-state index is 12.7. The van der Waals surface area contributed by atoms with Gasteiger partial charge in [0, 0.05) is 24.7 Å². The quantitative estimate of drug-likeness (QED) is 0.551. The van der Waals surface area contributed by atoms with Crippen LogP contribution in [-0.2, 0) is 23.0 Å². The van der Waals surface area contributed by atoms with Gasteiger partial charge in [-0.05, 0) is 35.9 Å². The fraction of sp³-hybridized carbons (Fsp3) is 0.143. The maximum Gasteiger partial charge on any atom is 0.240 e. The first-order valence-corrected chi connectivity index (χ1v) is 10.7. The van der Waals surface area contributed by atoms with Crippen LogP contribution < -0.4 is 9.46 Å². The van der Waals surface area contributed by atoms with Gasteiger partial charge >= 0.3 is 0 Å². The Morgan fingerprint density at radius 2 is 1.93 bits per heavy atom. The fourth-order valence-corrected chi connectivity index (χ4v) is 4.53. The van der Waals surface area contributed by atoms with Crippen molar-refractivity contribution in [2.24, 2.45) is 0 Å². The van der Waals surface area contributed by atoms with E-state index in [0.29, 0.717) is 12.2 Å². The summed E-state index contributed by atoms with van der Waals surface area (Å²) >= 11 is 0. The van der Waals surface area contributed by atoms with Crippen LogP contribution in [0.1, 0.15) is 17.4 Å². The van der Waals surface area contributed by atoms with Crippen molar-refractivity contribution in [1.29, 1.82) is 0 Å². The number of benzene rings is 2. The van der Waals surface area contributed by atoms with Gasteiger partial charge in [-0.15, -0.1) is 0 Å². The highest BCUT2D eigenvalue weighted by Crippen LogP contribution is 2.36. The SMILES string of the molecule is O=S(=O)(NCc1ccccc1)c1ccc2c(c1)CC(n1cnc3cccnc31)O2. The zero-order chi connectivity index (χ0) is 19.8. The molecule has 7 nitrogen and oxygen atoms in total. The Bertz CT molecular complexity index is 1290. The minimum atomic E-state index is -3.62. The molecular weight excluding hydrogens is 388 g/mol. The molecule has 29 heavy (non-hydrogen) atoms. The number of rotatable bonds is 5. The van der Waals surface area contributed by atoms with E-state index in [4.69, 9.17) is 4.74 Å². The molecule has 146 valence electrons. The predicted octanol–water partition coefficient (Wildman–Crippen LogP) is 3.04. The molecule has 0 radical (unpaired) electrons. The minimum Gasteiger partial charge on any atom is -0.469 e. The highest BCUT2D eigenvalue weighted by Gasteiger charge is 2.27. The van der Waals surface area contributed by atoms with E-state index in [1.807, 2.05) is 47.0 Å². The van der Waals surface area contributed by atoms with Gasteiger partial charge in [0.15, 0.2) is 11.9 Å². The fourth-order valence-electron chi connectivity index (χ4n) is 3.46. The van der Waals surface area contributed by atoms with E-state index in [9.17, 15) is 8.42 Å². The molecule has 0 amide bonds. The summed E-state index contributed by atoms with van der Waals surface area (Å²) in [6, 6.07) is 18.1. The van der Waals surface area contributed by atoms with Crippen LogP contribution in [0.5, 0.6) is 5.75 Å². The zero-order valence-corrected chi connectivity index (χ0v) is 16.2. The lowest BCUT2D eigenvalue weighted by molar-refractivity contribution is 0.164. The van der Waals surface area contributed by atoms with Crippen molar-refractivity contribution in [1.82, 2.24) is 19.3 Å². The first-order chi connectivity index (χ1) is 14.1. The highest BCUT2D eigenvalue weighted by molar-refractivity contribution is 7.89. The molecule has 0 aliphatic carbocycles. The summed E-state index contributed by atoms with van der Waals surface area (Å²) in [5.74, 6) is 0.676. The summed E-state index contributed by atoms with van der Waals surface area (Å²) < 4.78 is 36.0. The molecule has 0 fully saturated rings. The van der Waals surface area contributed by atoms with E-state index in [1.165, 1.54) is 0 Å². The molecule has 2 aromatic heterocycles. The van der Waals surface area contributed by atoms with Crippen molar-refractivity contribution in [3.63, 3.8) is 0 Å². The Hall–Kier alpha value is -3.23. The molecule has 2 aromatic carbocycles. The van der Waals surface area contributed by atoms with Crippen LogP contribution in [0.15, 0.2) is 78.1 Å². The van der Waals surface area contributed by atoms with Gasteiger partial charge in [-0.3, -0.25) is 4.57 Å². The molecular formula is C21H18N4O3S. The second-order valence-corrected chi connectivity index (χ2v) is 8.62.